The molecule has 0 saturated heterocycles. The number of carboxylic acids is 1. The lowest BCUT2D eigenvalue weighted by atomic mass is 10.1. The molecule has 1 unspecified atom stereocenters. The summed E-state index contributed by atoms with van der Waals surface area (Å²) in [5.41, 5.74) is 0.482. The Morgan fingerprint density at radius 3 is 2.44 bits per heavy atom. The standard InChI is InChI=1S/C11H13NO4/c13-9(14)6-7-12-11(16)10(15)8-4-2-1-3-5-8/h1-5,10,15H,6-7H2,(H,12,16)(H,13,14). The number of benzene rings is 1. The molecular weight excluding hydrogens is 210 g/mol. The highest BCUT2D eigenvalue weighted by atomic mass is 16.4. The number of carbonyl (C=O) groups excluding carboxylic acids is 1. The summed E-state index contributed by atoms with van der Waals surface area (Å²) in [6.07, 6.45) is -1.41. The number of nitrogens with one attached hydrogen (secondary N) is 1. The van der Waals surface area contributed by atoms with Crippen LogP contribution in [-0.4, -0.2) is 28.6 Å². The van der Waals surface area contributed by atoms with Gasteiger partial charge in [-0.05, 0) is 5.56 Å². The lowest BCUT2D eigenvalue weighted by molar-refractivity contribution is -0.137. The Labute approximate surface area is 92.7 Å². The van der Waals surface area contributed by atoms with Crippen molar-refractivity contribution >= 4 is 11.9 Å². The molecule has 0 bridgehead atoms. The molecule has 0 heterocycles. The zero-order valence-electron chi connectivity index (χ0n) is 8.59. The van der Waals surface area contributed by atoms with E-state index in [9.17, 15) is 14.7 Å². The first-order valence-corrected chi connectivity index (χ1v) is 4.84. The van der Waals surface area contributed by atoms with Gasteiger partial charge in [-0.15, -0.1) is 0 Å². The third-order valence-electron chi connectivity index (χ3n) is 2.00. The minimum atomic E-state index is -1.25. The maximum Gasteiger partial charge on any atom is 0.305 e. The molecule has 0 aliphatic carbocycles. The lowest BCUT2D eigenvalue weighted by Gasteiger charge is -2.10. The van der Waals surface area contributed by atoms with Crippen LogP contribution in [0.1, 0.15) is 18.1 Å². The number of aliphatic hydroxyl groups excluding tert-OH is 1. The molecule has 5 nitrogen and oxygen atoms in total. The molecule has 86 valence electrons. The van der Waals surface area contributed by atoms with Crippen molar-refractivity contribution < 1.29 is 19.8 Å². The van der Waals surface area contributed by atoms with Crippen LogP contribution in [0.15, 0.2) is 30.3 Å². The monoisotopic (exact) mass is 223 g/mol. The van der Waals surface area contributed by atoms with Gasteiger partial charge in [-0.2, -0.15) is 0 Å². The number of amides is 1. The number of aliphatic hydroxyl groups is 1. The quantitative estimate of drug-likeness (QED) is 0.670. The van der Waals surface area contributed by atoms with Gasteiger partial charge < -0.3 is 15.5 Å². The van der Waals surface area contributed by atoms with Gasteiger partial charge in [0.25, 0.3) is 5.91 Å². The molecule has 0 saturated carbocycles. The first-order valence-electron chi connectivity index (χ1n) is 4.84. The Balaban J connectivity index is 2.45. The first kappa shape index (κ1) is 12.2. The largest absolute Gasteiger partial charge is 0.481 e. The van der Waals surface area contributed by atoms with Crippen molar-refractivity contribution in [3.05, 3.63) is 35.9 Å². The Hall–Kier alpha value is -1.88. The van der Waals surface area contributed by atoms with Crippen LogP contribution in [0.5, 0.6) is 0 Å². The third kappa shape index (κ3) is 3.70. The highest BCUT2D eigenvalue weighted by Gasteiger charge is 2.16. The second-order valence-corrected chi connectivity index (χ2v) is 3.25. The molecule has 0 aliphatic heterocycles. The zero-order chi connectivity index (χ0) is 12.0. The molecule has 0 aliphatic rings. The molecule has 1 aromatic rings. The summed E-state index contributed by atoms with van der Waals surface area (Å²) in [6.45, 7) is 0.0120. The van der Waals surface area contributed by atoms with E-state index in [1.165, 1.54) is 0 Å². The van der Waals surface area contributed by atoms with E-state index in [-0.39, 0.29) is 13.0 Å². The summed E-state index contributed by atoms with van der Waals surface area (Å²) in [7, 11) is 0. The first-order chi connectivity index (χ1) is 7.61. The lowest BCUT2D eigenvalue weighted by Crippen LogP contribution is -2.31. The van der Waals surface area contributed by atoms with Crippen LogP contribution in [0.25, 0.3) is 0 Å². The van der Waals surface area contributed by atoms with Crippen LogP contribution < -0.4 is 5.32 Å². The Morgan fingerprint density at radius 1 is 1.25 bits per heavy atom. The van der Waals surface area contributed by atoms with Crippen LogP contribution >= 0.6 is 0 Å². The fraction of sp³-hybridized carbons (Fsp3) is 0.273. The van der Waals surface area contributed by atoms with Crippen LogP contribution in [0, 0.1) is 0 Å². The predicted octanol–water partition coefficient (Wildman–Crippen LogP) is 0.311. The molecule has 5 heteroatoms. The molecular formula is C11H13NO4. The van der Waals surface area contributed by atoms with Gasteiger partial charge in [0, 0.05) is 6.54 Å². The molecule has 1 amide bonds. The molecule has 0 radical (unpaired) electrons. The van der Waals surface area contributed by atoms with Crippen molar-refractivity contribution in [1.82, 2.24) is 5.32 Å². The van der Waals surface area contributed by atoms with E-state index in [0.29, 0.717) is 5.56 Å². The van der Waals surface area contributed by atoms with Crippen LogP contribution in [0.2, 0.25) is 0 Å². The normalized spacial score (nSPS) is 11.8. The van der Waals surface area contributed by atoms with Crippen molar-refractivity contribution in [2.75, 3.05) is 6.54 Å². The highest BCUT2D eigenvalue weighted by Crippen LogP contribution is 2.11. The number of aliphatic carboxylic acids is 1. The van der Waals surface area contributed by atoms with E-state index in [1.807, 2.05) is 0 Å². The minimum absolute atomic E-state index is 0.0120. The van der Waals surface area contributed by atoms with Crippen molar-refractivity contribution in [2.45, 2.75) is 12.5 Å². The molecule has 1 rings (SSSR count). The average Bonchev–Trinajstić information content (AvgIpc) is 2.28. The maximum atomic E-state index is 11.4. The smallest absolute Gasteiger partial charge is 0.305 e. The average molecular weight is 223 g/mol. The Bertz CT molecular complexity index is 364. The van der Waals surface area contributed by atoms with E-state index in [0.717, 1.165) is 0 Å². The van der Waals surface area contributed by atoms with E-state index in [4.69, 9.17) is 5.11 Å². The number of hydrogen-bond donors (Lipinski definition) is 3. The number of carboxylic acid groups (broad SMARTS) is 1. The Kier molecular flexibility index (Phi) is 4.47. The topological polar surface area (TPSA) is 86.6 Å². The molecule has 0 aromatic heterocycles. The van der Waals surface area contributed by atoms with Crippen molar-refractivity contribution in [3.63, 3.8) is 0 Å². The number of hydrogen-bond acceptors (Lipinski definition) is 3. The summed E-state index contributed by atoms with van der Waals surface area (Å²) in [6, 6.07) is 8.45. The van der Waals surface area contributed by atoms with Crippen molar-refractivity contribution in [2.24, 2.45) is 0 Å². The van der Waals surface area contributed by atoms with Gasteiger partial charge >= 0.3 is 5.97 Å². The second kappa shape index (κ2) is 5.87. The predicted molar refractivity (Wildman–Crippen MR) is 56.7 cm³/mol. The number of rotatable bonds is 5. The van der Waals surface area contributed by atoms with Crippen LogP contribution in [-0.2, 0) is 9.59 Å². The van der Waals surface area contributed by atoms with Gasteiger partial charge in [-0.1, -0.05) is 30.3 Å². The van der Waals surface area contributed by atoms with Crippen LogP contribution in [0.4, 0.5) is 0 Å². The fourth-order valence-corrected chi connectivity index (χ4v) is 1.18. The molecule has 0 fully saturated rings. The number of carbonyl (C=O) groups is 2. The molecule has 1 atom stereocenters. The van der Waals surface area contributed by atoms with E-state index in [2.05, 4.69) is 5.32 Å². The molecule has 1 aromatic carbocycles. The maximum absolute atomic E-state index is 11.4. The Morgan fingerprint density at radius 2 is 1.88 bits per heavy atom. The molecule has 16 heavy (non-hydrogen) atoms. The van der Waals surface area contributed by atoms with E-state index >= 15 is 0 Å². The summed E-state index contributed by atoms with van der Waals surface area (Å²) >= 11 is 0. The fourth-order valence-electron chi connectivity index (χ4n) is 1.18. The van der Waals surface area contributed by atoms with Crippen molar-refractivity contribution in [3.8, 4) is 0 Å². The van der Waals surface area contributed by atoms with Gasteiger partial charge in [0.15, 0.2) is 6.10 Å². The molecule has 3 N–H and O–H groups in total. The second-order valence-electron chi connectivity index (χ2n) is 3.25. The summed E-state index contributed by atoms with van der Waals surface area (Å²) in [4.78, 5) is 21.6. The zero-order valence-corrected chi connectivity index (χ0v) is 8.59. The van der Waals surface area contributed by atoms with Crippen molar-refractivity contribution in [1.29, 1.82) is 0 Å². The summed E-state index contributed by atoms with van der Waals surface area (Å²) < 4.78 is 0. The van der Waals surface area contributed by atoms with Gasteiger partial charge in [0.05, 0.1) is 6.42 Å². The van der Waals surface area contributed by atoms with E-state index < -0.39 is 18.0 Å². The minimum Gasteiger partial charge on any atom is -0.481 e. The highest BCUT2D eigenvalue weighted by molar-refractivity contribution is 5.82. The van der Waals surface area contributed by atoms with E-state index in [1.54, 1.807) is 30.3 Å². The third-order valence-corrected chi connectivity index (χ3v) is 2.00. The SMILES string of the molecule is O=C(O)CCNC(=O)C(O)c1ccccc1. The van der Waals surface area contributed by atoms with Gasteiger partial charge in [0.2, 0.25) is 0 Å². The summed E-state index contributed by atoms with van der Waals surface area (Å²) in [5.74, 6) is -1.58. The molecule has 0 spiro atoms. The van der Waals surface area contributed by atoms with Gasteiger partial charge in [-0.25, -0.2) is 0 Å². The van der Waals surface area contributed by atoms with Gasteiger partial charge in [-0.3, -0.25) is 9.59 Å². The van der Waals surface area contributed by atoms with Gasteiger partial charge in [0.1, 0.15) is 0 Å². The summed E-state index contributed by atoms with van der Waals surface area (Å²) in [5, 5.41) is 20.3. The van der Waals surface area contributed by atoms with Crippen LogP contribution in [0.3, 0.4) is 0 Å².